The molecule has 4 aromatic rings. The van der Waals surface area contributed by atoms with Gasteiger partial charge in [0.25, 0.3) is 25.8 Å². The molecule has 14 nitrogen and oxygen atoms in total. The highest BCUT2D eigenvalue weighted by Crippen LogP contribution is 2.44. The molecule has 0 spiro atoms. The normalized spacial score (nSPS) is 20.1. The molecule has 4 aliphatic rings. The van der Waals surface area contributed by atoms with E-state index in [4.69, 9.17) is 16.3 Å². The molecule has 3 fully saturated rings. The Hall–Kier alpha value is -4.83. The first-order valence-corrected chi connectivity index (χ1v) is 31.2. The molecule has 2 atom stereocenters. The van der Waals surface area contributed by atoms with Gasteiger partial charge in [0, 0.05) is 105 Å². The second-order valence-corrected chi connectivity index (χ2v) is 27.4. The van der Waals surface area contributed by atoms with Crippen LogP contribution in [-0.2, 0) is 24.6 Å². The monoisotopic (exact) mass is 1160 g/mol. The van der Waals surface area contributed by atoms with Gasteiger partial charge in [0.1, 0.15) is 10.5 Å². The number of halogens is 4. The van der Waals surface area contributed by atoms with E-state index in [0.717, 1.165) is 114 Å². The van der Waals surface area contributed by atoms with Gasteiger partial charge in [-0.3, -0.25) is 14.6 Å². The maximum Gasteiger partial charge on any atom is 0.501 e. The number of likely N-dealkylation sites (tertiary alicyclic amines) is 1. The highest BCUT2D eigenvalue weighted by atomic mass is 35.5. The number of carbonyl (C=O) groups is 2. The molecule has 0 bridgehead atoms. The zero-order valence-corrected chi connectivity index (χ0v) is 48.2. The predicted molar refractivity (Wildman–Crippen MR) is 303 cm³/mol. The smallest absolute Gasteiger partial charge is 0.444 e. The molecule has 0 aromatic heterocycles. The van der Waals surface area contributed by atoms with Gasteiger partial charge in [-0.05, 0) is 156 Å². The first-order valence-electron chi connectivity index (χ1n) is 26.9. The molecule has 0 radical (unpaired) electrons. The number of rotatable bonds is 18. The Morgan fingerprint density at radius 1 is 0.782 bits per heavy atom. The minimum atomic E-state index is -6.06. The van der Waals surface area contributed by atoms with Crippen molar-refractivity contribution in [2.75, 3.05) is 101 Å². The number of hydrogen-bond donors (Lipinski definition) is 2. The maximum atomic E-state index is 14.3. The summed E-state index contributed by atoms with van der Waals surface area (Å²) in [6, 6.07) is 25.9. The van der Waals surface area contributed by atoms with E-state index in [1.165, 1.54) is 40.6 Å². The highest BCUT2D eigenvalue weighted by molar-refractivity contribution is 7.99. The molecule has 0 saturated carbocycles. The topological polar surface area (TPSA) is 152 Å². The Morgan fingerprint density at radius 3 is 2.08 bits per heavy atom. The second kappa shape index (κ2) is 25.3. The number of carbonyl (C=O) groups excluding carboxylic acids is 2. The van der Waals surface area contributed by atoms with E-state index < -0.39 is 52.7 Å². The Bertz CT molecular complexity index is 2960. The summed E-state index contributed by atoms with van der Waals surface area (Å²) < 4.78 is 104. The molecule has 2 N–H and O–H groups in total. The van der Waals surface area contributed by atoms with Gasteiger partial charge in [-0.1, -0.05) is 60.9 Å². The summed E-state index contributed by atoms with van der Waals surface area (Å²) in [6.07, 6.45) is 6.32. The lowest BCUT2D eigenvalue weighted by molar-refractivity contribution is -0.0436. The van der Waals surface area contributed by atoms with Crippen LogP contribution in [0.25, 0.3) is 5.57 Å². The average Bonchev–Trinajstić information content (AvgIpc) is 3.40. The van der Waals surface area contributed by atoms with Crippen LogP contribution >= 0.6 is 23.4 Å². The van der Waals surface area contributed by atoms with E-state index in [1.807, 2.05) is 68.0 Å². The highest BCUT2D eigenvalue weighted by Gasteiger charge is 2.49. The van der Waals surface area contributed by atoms with Gasteiger partial charge < -0.3 is 24.8 Å². The lowest BCUT2D eigenvalue weighted by Gasteiger charge is -2.44. The molecule has 424 valence electrons. The number of sulfonamides is 1. The van der Waals surface area contributed by atoms with Crippen molar-refractivity contribution in [3.05, 3.63) is 119 Å². The van der Waals surface area contributed by atoms with Gasteiger partial charge in [-0.25, -0.2) is 26.4 Å². The molecule has 78 heavy (non-hydrogen) atoms. The number of amides is 2. The third-order valence-corrected chi connectivity index (χ3v) is 19.3. The fourth-order valence-corrected chi connectivity index (χ4v) is 14.0. The average molecular weight is 1160 g/mol. The van der Waals surface area contributed by atoms with Crippen molar-refractivity contribution in [1.82, 2.24) is 24.3 Å². The quantitative estimate of drug-likeness (QED) is 0.0910. The number of nitrogens with one attached hydrogen (secondary N) is 2. The van der Waals surface area contributed by atoms with Crippen molar-refractivity contribution in [3.63, 3.8) is 0 Å². The van der Waals surface area contributed by atoms with Gasteiger partial charge in [-0.2, -0.15) is 13.2 Å². The van der Waals surface area contributed by atoms with Gasteiger partial charge in [0.2, 0.25) is 0 Å². The molecule has 2 amide bonds. The first-order chi connectivity index (χ1) is 36.9. The van der Waals surface area contributed by atoms with Crippen molar-refractivity contribution >= 4 is 72.2 Å². The summed E-state index contributed by atoms with van der Waals surface area (Å²) in [6.45, 7) is 17.9. The molecule has 3 heterocycles. The lowest BCUT2D eigenvalue weighted by atomic mass is 9.71. The SMILES string of the molecule is CC(C)(C)OC(=O)N1CCN(C[C@]2(C)CCC(c3ccc(Cl)cc3)=C(CN3CCN(c4ccc(C(=O)NS(=O)(=O)c5ccc(NC(CCN6CCCCC6)CSc6ccccc6)c(S(=O)(=O)C(F)(F)F)c5)cc4)CC3)C2)CC1. The van der Waals surface area contributed by atoms with Gasteiger partial charge >= 0.3 is 11.6 Å². The number of nitrogens with zero attached hydrogens (tertiary/aromatic N) is 5. The number of alkyl halides is 3. The Balaban J connectivity index is 0.900. The number of ether oxygens (including phenoxy) is 1. The van der Waals surface area contributed by atoms with Crippen molar-refractivity contribution < 1.29 is 44.3 Å². The molecular formula is C57H73ClF3N7O7S3. The third-order valence-electron chi connectivity index (χ3n) is 15.0. The summed E-state index contributed by atoms with van der Waals surface area (Å²) in [4.78, 5) is 36.4. The van der Waals surface area contributed by atoms with E-state index in [0.29, 0.717) is 56.0 Å². The standard InChI is InChI=1S/C57H73ClF3N7O7S3/c1-55(2,3)75-54(70)68-35-31-66(32-36-68)41-56(4)25-23-50(42-13-17-45(58)18-14-42)44(38-56)39-65-29-33-67(34-30-65)47-19-15-43(16-20-47)53(69)63-78(73,74)49-21-22-51(52(37-49)77(71,72)57(59,60)61)62-46(24-28-64-26-9-6-10-27-64)40-76-48-11-7-5-8-12-48/h5,7-8,11-22,37,46,62H,6,9-10,23-36,38-41H2,1-4H3,(H,63,69)/t46?,56-/m1/s1. The number of sulfone groups is 1. The number of piperazine rings is 2. The van der Waals surface area contributed by atoms with Crippen LogP contribution in [0.1, 0.15) is 88.6 Å². The predicted octanol–water partition coefficient (Wildman–Crippen LogP) is 10.5. The van der Waals surface area contributed by atoms with Crippen molar-refractivity contribution in [3.8, 4) is 0 Å². The van der Waals surface area contributed by atoms with E-state index in [2.05, 4.69) is 44.0 Å². The fraction of sp³-hybridized carbons (Fsp3) is 0.509. The van der Waals surface area contributed by atoms with Crippen LogP contribution in [0.2, 0.25) is 5.02 Å². The zero-order chi connectivity index (χ0) is 55.9. The lowest BCUT2D eigenvalue weighted by Crippen LogP contribution is -2.52. The Morgan fingerprint density at radius 2 is 1.44 bits per heavy atom. The van der Waals surface area contributed by atoms with Crippen LogP contribution in [0.5, 0.6) is 0 Å². The van der Waals surface area contributed by atoms with Crippen LogP contribution < -0.4 is 14.9 Å². The van der Waals surface area contributed by atoms with Gasteiger partial charge in [0.05, 0.1) is 10.6 Å². The molecule has 1 aliphatic carbocycles. The maximum absolute atomic E-state index is 14.3. The van der Waals surface area contributed by atoms with Crippen molar-refractivity contribution in [1.29, 1.82) is 0 Å². The van der Waals surface area contributed by atoms with Crippen LogP contribution in [0.4, 0.5) is 29.3 Å². The summed E-state index contributed by atoms with van der Waals surface area (Å²) in [5.41, 5.74) is -1.88. The second-order valence-electron chi connectivity index (χ2n) is 22.3. The molecular weight excluding hydrogens is 1080 g/mol. The largest absolute Gasteiger partial charge is 0.501 e. The molecule has 8 rings (SSSR count). The van der Waals surface area contributed by atoms with Crippen LogP contribution in [0.3, 0.4) is 0 Å². The number of thioether (sulfide) groups is 1. The Labute approximate surface area is 468 Å². The van der Waals surface area contributed by atoms with Crippen LogP contribution in [-0.4, -0.2) is 156 Å². The van der Waals surface area contributed by atoms with E-state index in [9.17, 15) is 39.6 Å². The van der Waals surface area contributed by atoms with Gasteiger partial charge in [-0.15, -0.1) is 11.8 Å². The molecule has 3 saturated heterocycles. The van der Waals surface area contributed by atoms with E-state index in [1.54, 1.807) is 17.0 Å². The first kappa shape index (κ1) is 59.3. The van der Waals surface area contributed by atoms with E-state index in [-0.39, 0.29) is 22.8 Å². The van der Waals surface area contributed by atoms with Gasteiger partial charge in [0.15, 0.2) is 0 Å². The Kier molecular flexibility index (Phi) is 19.2. The summed E-state index contributed by atoms with van der Waals surface area (Å²) in [5.74, 6) is -0.641. The molecule has 21 heteroatoms. The molecule has 1 unspecified atom stereocenters. The molecule has 3 aliphatic heterocycles. The number of hydrogen-bond acceptors (Lipinski definition) is 13. The number of benzene rings is 4. The minimum absolute atomic E-state index is 0.0122. The summed E-state index contributed by atoms with van der Waals surface area (Å²) in [5, 5.41) is 3.72. The summed E-state index contributed by atoms with van der Waals surface area (Å²) in [7, 11) is -10.9. The number of allylic oxidation sites excluding steroid dienone is 1. The van der Waals surface area contributed by atoms with Crippen LogP contribution in [0, 0.1) is 5.41 Å². The minimum Gasteiger partial charge on any atom is -0.444 e. The molecule has 4 aromatic carbocycles. The van der Waals surface area contributed by atoms with E-state index >= 15 is 0 Å². The van der Waals surface area contributed by atoms with Crippen LogP contribution in [0.15, 0.2) is 117 Å². The third kappa shape index (κ3) is 15.7. The zero-order valence-electron chi connectivity index (χ0n) is 45.0. The number of anilines is 2. The summed E-state index contributed by atoms with van der Waals surface area (Å²) >= 11 is 7.79. The van der Waals surface area contributed by atoms with Crippen molar-refractivity contribution in [2.24, 2.45) is 5.41 Å². The fourth-order valence-electron chi connectivity index (χ4n) is 10.8. The number of piperidine rings is 1. The van der Waals surface area contributed by atoms with Crippen molar-refractivity contribution in [2.45, 2.75) is 104 Å².